The molecular weight excluding hydrogens is 308 g/mol. The molecular formula is C22H32N2O. The lowest BCUT2D eigenvalue weighted by Crippen LogP contribution is -2.61. The molecule has 25 heavy (non-hydrogen) atoms. The number of rotatable bonds is 5. The first kappa shape index (κ1) is 16.9. The highest BCUT2D eigenvalue weighted by atomic mass is 16.2. The summed E-state index contributed by atoms with van der Waals surface area (Å²) in [6, 6.07) is 8.28. The number of nitrogens with one attached hydrogen (secondary N) is 2. The van der Waals surface area contributed by atoms with Crippen LogP contribution in [0, 0.1) is 17.8 Å². The summed E-state index contributed by atoms with van der Waals surface area (Å²) < 4.78 is 0. The predicted molar refractivity (Wildman–Crippen MR) is 103 cm³/mol. The maximum absolute atomic E-state index is 12.8. The first-order chi connectivity index (χ1) is 11.9. The van der Waals surface area contributed by atoms with Gasteiger partial charge in [0.1, 0.15) is 6.04 Å². The number of hydrogen-bond donors (Lipinski definition) is 2. The molecule has 5 rings (SSSR count). The van der Waals surface area contributed by atoms with Crippen molar-refractivity contribution >= 4 is 11.6 Å². The van der Waals surface area contributed by atoms with E-state index in [1.54, 1.807) is 0 Å². The molecule has 4 saturated carbocycles. The van der Waals surface area contributed by atoms with Gasteiger partial charge in [0.05, 0.1) is 0 Å². The lowest BCUT2D eigenvalue weighted by molar-refractivity contribution is -0.127. The molecule has 0 spiro atoms. The molecule has 4 bridgehead atoms. The van der Waals surface area contributed by atoms with Gasteiger partial charge < -0.3 is 10.6 Å². The molecule has 0 saturated heterocycles. The zero-order valence-electron chi connectivity index (χ0n) is 15.8. The van der Waals surface area contributed by atoms with Crippen molar-refractivity contribution in [3.8, 4) is 0 Å². The fourth-order valence-electron chi connectivity index (χ4n) is 5.91. The zero-order chi connectivity index (χ0) is 17.6. The smallest absolute Gasteiger partial charge is 0.242 e. The highest BCUT2D eigenvalue weighted by molar-refractivity contribution is 5.85. The van der Waals surface area contributed by atoms with Gasteiger partial charge in [-0.1, -0.05) is 26.0 Å². The van der Waals surface area contributed by atoms with Crippen molar-refractivity contribution in [2.45, 2.75) is 76.8 Å². The third-order valence-electron chi connectivity index (χ3n) is 6.78. The molecule has 0 unspecified atom stereocenters. The van der Waals surface area contributed by atoms with Crippen LogP contribution in [0.25, 0.3) is 0 Å². The third-order valence-corrected chi connectivity index (χ3v) is 6.78. The van der Waals surface area contributed by atoms with Crippen LogP contribution >= 0.6 is 0 Å². The number of carbonyl (C=O) groups is 1. The van der Waals surface area contributed by atoms with Crippen LogP contribution in [0.2, 0.25) is 0 Å². The molecule has 3 heteroatoms. The Kier molecular flexibility index (Phi) is 4.29. The summed E-state index contributed by atoms with van der Waals surface area (Å²) in [4.78, 5) is 12.8. The summed E-state index contributed by atoms with van der Waals surface area (Å²) >= 11 is 0. The number of carbonyl (C=O) groups excluding carboxylic acids is 1. The Balaban J connectivity index is 1.38. The third kappa shape index (κ3) is 3.43. The average Bonchev–Trinajstić information content (AvgIpc) is 2.53. The summed E-state index contributed by atoms with van der Waals surface area (Å²) in [6.45, 7) is 6.38. The minimum atomic E-state index is -0.196. The summed E-state index contributed by atoms with van der Waals surface area (Å²) in [5.74, 6) is 3.27. The van der Waals surface area contributed by atoms with Crippen molar-refractivity contribution in [1.29, 1.82) is 0 Å². The van der Waals surface area contributed by atoms with Gasteiger partial charge in [-0.2, -0.15) is 0 Å². The van der Waals surface area contributed by atoms with Crippen molar-refractivity contribution < 1.29 is 4.79 Å². The largest absolute Gasteiger partial charge is 0.374 e. The highest BCUT2D eigenvalue weighted by Gasteiger charge is 2.51. The summed E-state index contributed by atoms with van der Waals surface area (Å²) in [7, 11) is 0. The van der Waals surface area contributed by atoms with E-state index < -0.39 is 0 Å². The minimum Gasteiger partial charge on any atom is -0.374 e. The second-order valence-electron chi connectivity index (χ2n) is 9.33. The molecule has 3 nitrogen and oxygen atoms in total. The van der Waals surface area contributed by atoms with Crippen molar-refractivity contribution in [1.82, 2.24) is 5.32 Å². The van der Waals surface area contributed by atoms with E-state index in [0.29, 0.717) is 5.92 Å². The lowest BCUT2D eigenvalue weighted by atomic mass is 9.53. The van der Waals surface area contributed by atoms with E-state index in [1.165, 1.54) is 44.1 Å². The predicted octanol–water partition coefficient (Wildman–Crippen LogP) is 4.70. The Morgan fingerprint density at radius 1 is 0.960 bits per heavy atom. The van der Waals surface area contributed by atoms with E-state index in [9.17, 15) is 4.79 Å². The quantitative estimate of drug-likeness (QED) is 0.816. The van der Waals surface area contributed by atoms with Crippen molar-refractivity contribution in [3.05, 3.63) is 29.8 Å². The highest BCUT2D eigenvalue weighted by Crippen LogP contribution is 2.55. The molecule has 1 aromatic carbocycles. The van der Waals surface area contributed by atoms with Crippen molar-refractivity contribution in [2.75, 3.05) is 5.32 Å². The molecule has 0 heterocycles. The molecule has 2 N–H and O–H groups in total. The molecule has 1 amide bonds. The van der Waals surface area contributed by atoms with E-state index in [-0.39, 0.29) is 17.5 Å². The maximum atomic E-state index is 12.8. The second-order valence-corrected chi connectivity index (χ2v) is 9.33. The minimum absolute atomic E-state index is 0.100. The summed E-state index contributed by atoms with van der Waals surface area (Å²) in [6.07, 6.45) is 7.85. The number of hydrogen-bond acceptors (Lipinski definition) is 2. The van der Waals surface area contributed by atoms with Gasteiger partial charge in [0.25, 0.3) is 0 Å². The Labute approximate surface area is 152 Å². The lowest BCUT2D eigenvalue weighted by Gasteiger charge is -2.57. The van der Waals surface area contributed by atoms with E-state index in [0.717, 1.165) is 23.4 Å². The van der Waals surface area contributed by atoms with Gasteiger partial charge in [0.15, 0.2) is 0 Å². The average molecular weight is 341 g/mol. The SMILES string of the molecule is CC(C)c1ccc(N[C@H](C)C(=O)NC23CC4CC(CC(C4)C2)C3)cc1. The molecule has 0 aliphatic heterocycles. The van der Waals surface area contributed by atoms with Crippen molar-refractivity contribution in [2.24, 2.45) is 17.8 Å². The second kappa shape index (κ2) is 6.34. The van der Waals surface area contributed by atoms with Crippen LogP contribution in [0.4, 0.5) is 5.69 Å². The van der Waals surface area contributed by atoms with Crippen molar-refractivity contribution in [3.63, 3.8) is 0 Å². The number of benzene rings is 1. The zero-order valence-corrected chi connectivity index (χ0v) is 15.8. The van der Waals surface area contributed by atoms with Gasteiger partial charge >= 0.3 is 0 Å². The fourth-order valence-corrected chi connectivity index (χ4v) is 5.91. The van der Waals surface area contributed by atoms with Crippen LogP contribution in [0.15, 0.2) is 24.3 Å². The molecule has 1 aromatic rings. The van der Waals surface area contributed by atoms with Gasteiger partial charge in [-0.25, -0.2) is 0 Å². The van der Waals surface area contributed by atoms with Crippen LogP contribution in [0.1, 0.15) is 70.8 Å². The molecule has 0 radical (unpaired) electrons. The molecule has 4 aliphatic carbocycles. The van der Waals surface area contributed by atoms with E-state index in [1.807, 2.05) is 6.92 Å². The molecule has 0 aromatic heterocycles. The van der Waals surface area contributed by atoms with E-state index in [4.69, 9.17) is 0 Å². The molecule has 4 fully saturated rings. The first-order valence-corrected chi connectivity index (χ1v) is 10.1. The van der Waals surface area contributed by atoms with Crippen LogP contribution in [0.3, 0.4) is 0 Å². The van der Waals surface area contributed by atoms with Gasteiger partial charge in [0, 0.05) is 11.2 Å². The molecule has 136 valence electrons. The normalized spacial score (nSPS) is 34.2. The molecule has 1 atom stereocenters. The standard InChI is InChI=1S/C22H32N2O/c1-14(2)19-4-6-20(7-5-19)23-15(3)21(25)24-22-11-16-8-17(12-22)10-18(9-16)13-22/h4-7,14-18,23H,8-13H2,1-3H3,(H,24,25)/t15-,16?,17?,18?,22?/m1/s1. The number of anilines is 1. The summed E-state index contributed by atoms with van der Waals surface area (Å²) in [5, 5.41) is 6.85. The van der Waals surface area contributed by atoms with E-state index >= 15 is 0 Å². The van der Waals surface area contributed by atoms with Gasteiger partial charge in [-0.05, 0) is 86.8 Å². The van der Waals surface area contributed by atoms with Crippen LogP contribution < -0.4 is 10.6 Å². The Morgan fingerprint density at radius 2 is 1.48 bits per heavy atom. The topological polar surface area (TPSA) is 41.1 Å². The Hall–Kier alpha value is -1.51. The van der Waals surface area contributed by atoms with Crippen LogP contribution in [-0.2, 0) is 4.79 Å². The molecule has 4 aliphatic rings. The van der Waals surface area contributed by atoms with E-state index in [2.05, 4.69) is 48.7 Å². The monoisotopic (exact) mass is 340 g/mol. The Morgan fingerprint density at radius 3 is 1.96 bits per heavy atom. The first-order valence-electron chi connectivity index (χ1n) is 10.1. The number of amides is 1. The van der Waals surface area contributed by atoms with Gasteiger partial charge in [-0.3, -0.25) is 4.79 Å². The fraction of sp³-hybridized carbons (Fsp3) is 0.682. The van der Waals surface area contributed by atoms with Gasteiger partial charge in [0.2, 0.25) is 5.91 Å². The van der Waals surface area contributed by atoms with Crippen LogP contribution in [0.5, 0.6) is 0 Å². The maximum Gasteiger partial charge on any atom is 0.242 e. The van der Waals surface area contributed by atoms with Gasteiger partial charge in [-0.15, -0.1) is 0 Å². The Bertz CT molecular complexity index is 599. The summed E-state index contributed by atoms with van der Waals surface area (Å²) in [5.41, 5.74) is 2.46. The van der Waals surface area contributed by atoms with Crippen LogP contribution in [-0.4, -0.2) is 17.5 Å².